The van der Waals surface area contributed by atoms with E-state index < -0.39 is 5.97 Å². The van der Waals surface area contributed by atoms with Crippen LogP contribution in [0.3, 0.4) is 0 Å². The molecule has 0 bridgehead atoms. The van der Waals surface area contributed by atoms with Crippen LogP contribution >= 0.6 is 0 Å². The SMILES string of the molecule is O=C(O)c1c(O)cccc1OC1CN(C(=O)CC2CCCCN2)C1. The van der Waals surface area contributed by atoms with Crippen LogP contribution in [0.4, 0.5) is 0 Å². The van der Waals surface area contributed by atoms with E-state index in [1.54, 1.807) is 4.90 Å². The Balaban J connectivity index is 1.51. The smallest absolute Gasteiger partial charge is 0.343 e. The van der Waals surface area contributed by atoms with Crippen LogP contribution in [-0.2, 0) is 4.79 Å². The standard InChI is InChI=1S/C17H22N2O5/c20-13-5-3-6-14(16(13)17(22)23)24-12-9-19(10-12)15(21)8-11-4-1-2-7-18-11/h3,5-6,11-12,18,20H,1-2,4,7-10H2,(H,22,23). The van der Waals surface area contributed by atoms with Gasteiger partial charge >= 0.3 is 5.97 Å². The van der Waals surface area contributed by atoms with Gasteiger partial charge in [-0.05, 0) is 31.5 Å². The van der Waals surface area contributed by atoms with Crippen LogP contribution in [0.25, 0.3) is 0 Å². The first-order valence-corrected chi connectivity index (χ1v) is 8.27. The normalized spacial score (nSPS) is 21.2. The van der Waals surface area contributed by atoms with Gasteiger partial charge in [-0.1, -0.05) is 12.5 Å². The van der Waals surface area contributed by atoms with Gasteiger partial charge in [0.05, 0.1) is 13.1 Å². The lowest BCUT2D eigenvalue weighted by atomic mass is 10.0. The number of likely N-dealkylation sites (tertiary alicyclic amines) is 1. The van der Waals surface area contributed by atoms with Gasteiger partial charge in [0.25, 0.3) is 0 Å². The zero-order valence-electron chi connectivity index (χ0n) is 13.4. The summed E-state index contributed by atoms with van der Waals surface area (Å²) in [6.45, 7) is 1.86. The molecule has 1 aromatic rings. The molecular formula is C17H22N2O5. The third-order valence-electron chi connectivity index (χ3n) is 4.55. The van der Waals surface area contributed by atoms with Gasteiger partial charge in [-0.2, -0.15) is 0 Å². The highest BCUT2D eigenvalue weighted by atomic mass is 16.5. The van der Waals surface area contributed by atoms with Gasteiger partial charge in [0.2, 0.25) is 5.91 Å². The summed E-state index contributed by atoms with van der Waals surface area (Å²) in [5.41, 5.74) is -0.242. The average Bonchev–Trinajstić information content (AvgIpc) is 2.51. The van der Waals surface area contributed by atoms with Crippen molar-refractivity contribution in [2.45, 2.75) is 37.8 Å². The van der Waals surface area contributed by atoms with Crippen molar-refractivity contribution in [1.82, 2.24) is 10.2 Å². The highest BCUT2D eigenvalue weighted by molar-refractivity contribution is 5.94. The van der Waals surface area contributed by atoms with Gasteiger partial charge in [-0.15, -0.1) is 0 Å². The van der Waals surface area contributed by atoms with Crippen LogP contribution in [0.5, 0.6) is 11.5 Å². The number of nitrogens with one attached hydrogen (secondary N) is 1. The van der Waals surface area contributed by atoms with Crippen molar-refractivity contribution < 1.29 is 24.5 Å². The molecule has 1 amide bonds. The lowest BCUT2D eigenvalue weighted by molar-refractivity contribution is -0.140. The van der Waals surface area contributed by atoms with E-state index in [0.717, 1.165) is 19.4 Å². The van der Waals surface area contributed by atoms with Crippen molar-refractivity contribution in [2.75, 3.05) is 19.6 Å². The minimum absolute atomic E-state index is 0.101. The van der Waals surface area contributed by atoms with Crippen LogP contribution in [-0.4, -0.2) is 58.8 Å². The van der Waals surface area contributed by atoms with Crippen LogP contribution < -0.4 is 10.1 Å². The zero-order valence-corrected chi connectivity index (χ0v) is 13.4. The number of phenols is 1. The molecule has 0 aromatic heterocycles. The monoisotopic (exact) mass is 334 g/mol. The summed E-state index contributed by atoms with van der Waals surface area (Å²) in [5.74, 6) is -1.33. The maximum absolute atomic E-state index is 12.2. The van der Waals surface area contributed by atoms with Crippen molar-refractivity contribution in [3.8, 4) is 11.5 Å². The number of carboxylic acids is 1. The molecule has 1 unspecified atom stereocenters. The van der Waals surface area contributed by atoms with E-state index in [-0.39, 0.29) is 35.1 Å². The molecule has 24 heavy (non-hydrogen) atoms. The quantitative estimate of drug-likeness (QED) is 0.749. The Bertz CT molecular complexity index is 621. The van der Waals surface area contributed by atoms with Crippen LogP contribution in [0, 0.1) is 0 Å². The molecule has 130 valence electrons. The molecule has 1 atom stereocenters. The van der Waals surface area contributed by atoms with Gasteiger partial charge in [0, 0.05) is 12.5 Å². The van der Waals surface area contributed by atoms with E-state index in [1.807, 2.05) is 0 Å². The Labute approximate surface area is 140 Å². The Morgan fingerprint density at radius 3 is 2.75 bits per heavy atom. The summed E-state index contributed by atoms with van der Waals surface area (Å²) in [4.78, 5) is 25.2. The molecule has 1 aromatic carbocycles. The molecule has 2 heterocycles. The lowest BCUT2D eigenvalue weighted by Crippen LogP contribution is -2.57. The number of benzene rings is 1. The summed E-state index contributed by atoms with van der Waals surface area (Å²) in [7, 11) is 0. The van der Waals surface area contributed by atoms with E-state index >= 15 is 0 Å². The number of amides is 1. The molecule has 2 aliphatic rings. The van der Waals surface area contributed by atoms with Crippen molar-refractivity contribution in [2.24, 2.45) is 0 Å². The van der Waals surface area contributed by atoms with Gasteiger partial charge in [0.1, 0.15) is 23.2 Å². The second kappa shape index (κ2) is 7.09. The molecule has 0 radical (unpaired) electrons. The van der Waals surface area contributed by atoms with Crippen LogP contribution in [0.1, 0.15) is 36.0 Å². The first kappa shape index (κ1) is 16.6. The second-order valence-electron chi connectivity index (χ2n) is 6.34. The number of carbonyl (C=O) groups excluding carboxylic acids is 1. The van der Waals surface area contributed by atoms with Gasteiger partial charge in [0.15, 0.2) is 0 Å². The molecule has 0 spiro atoms. The van der Waals surface area contributed by atoms with E-state index in [0.29, 0.717) is 19.5 Å². The number of ether oxygens (including phenoxy) is 1. The Morgan fingerprint density at radius 2 is 2.08 bits per heavy atom. The largest absolute Gasteiger partial charge is 0.507 e. The van der Waals surface area contributed by atoms with Gasteiger partial charge in [-0.3, -0.25) is 4.79 Å². The molecule has 2 aliphatic heterocycles. The van der Waals surface area contributed by atoms with E-state index in [2.05, 4.69) is 5.32 Å². The topological polar surface area (TPSA) is 99.1 Å². The van der Waals surface area contributed by atoms with Gasteiger partial charge < -0.3 is 25.2 Å². The number of carboxylic acid groups (broad SMARTS) is 1. The van der Waals surface area contributed by atoms with E-state index in [1.165, 1.54) is 24.6 Å². The fourth-order valence-electron chi connectivity index (χ4n) is 3.17. The fourth-order valence-corrected chi connectivity index (χ4v) is 3.17. The molecule has 7 heteroatoms. The van der Waals surface area contributed by atoms with Crippen molar-refractivity contribution in [3.05, 3.63) is 23.8 Å². The van der Waals surface area contributed by atoms with Crippen molar-refractivity contribution in [1.29, 1.82) is 0 Å². The number of piperidine rings is 1. The number of aromatic hydroxyl groups is 1. The summed E-state index contributed by atoms with van der Waals surface area (Å²) in [6, 6.07) is 4.62. The predicted octanol–water partition coefficient (Wildman–Crippen LogP) is 1.21. The Kier molecular flexibility index (Phi) is 4.89. The van der Waals surface area contributed by atoms with Crippen molar-refractivity contribution in [3.63, 3.8) is 0 Å². The molecule has 0 aliphatic carbocycles. The maximum atomic E-state index is 12.2. The van der Waals surface area contributed by atoms with Crippen LogP contribution in [0.15, 0.2) is 18.2 Å². The molecule has 2 fully saturated rings. The minimum Gasteiger partial charge on any atom is -0.507 e. The van der Waals surface area contributed by atoms with E-state index in [4.69, 9.17) is 9.84 Å². The molecule has 2 saturated heterocycles. The number of carbonyl (C=O) groups is 2. The van der Waals surface area contributed by atoms with Crippen molar-refractivity contribution >= 4 is 11.9 Å². The number of rotatable bonds is 5. The molecular weight excluding hydrogens is 312 g/mol. The third kappa shape index (κ3) is 3.62. The zero-order chi connectivity index (χ0) is 17.1. The summed E-state index contributed by atoms with van der Waals surface area (Å²) in [6.07, 6.45) is 3.61. The maximum Gasteiger partial charge on any atom is 0.343 e. The number of hydrogen-bond acceptors (Lipinski definition) is 5. The molecule has 3 rings (SSSR count). The summed E-state index contributed by atoms with van der Waals surface area (Å²) in [5, 5.41) is 22.2. The lowest BCUT2D eigenvalue weighted by Gasteiger charge is -2.40. The molecule has 0 saturated carbocycles. The highest BCUT2D eigenvalue weighted by Gasteiger charge is 2.34. The van der Waals surface area contributed by atoms with E-state index in [9.17, 15) is 14.7 Å². The number of hydrogen-bond donors (Lipinski definition) is 3. The molecule has 3 N–H and O–H groups in total. The highest BCUT2D eigenvalue weighted by Crippen LogP contribution is 2.29. The Morgan fingerprint density at radius 1 is 1.29 bits per heavy atom. The second-order valence-corrected chi connectivity index (χ2v) is 6.34. The molecule has 7 nitrogen and oxygen atoms in total. The first-order chi connectivity index (χ1) is 11.5. The van der Waals surface area contributed by atoms with Crippen LogP contribution in [0.2, 0.25) is 0 Å². The predicted molar refractivity (Wildman–Crippen MR) is 86.3 cm³/mol. The fraction of sp³-hybridized carbons (Fsp3) is 0.529. The summed E-state index contributed by atoms with van der Waals surface area (Å²) < 4.78 is 5.64. The minimum atomic E-state index is -1.24. The average molecular weight is 334 g/mol. The Hall–Kier alpha value is -2.28. The summed E-state index contributed by atoms with van der Waals surface area (Å²) >= 11 is 0. The first-order valence-electron chi connectivity index (χ1n) is 8.27. The number of nitrogens with zero attached hydrogens (tertiary/aromatic N) is 1. The number of aromatic carboxylic acids is 1. The van der Waals surface area contributed by atoms with Gasteiger partial charge in [-0.25, -0.2) is 4.79 Å². The third-order valence-corrected chi connectivity index (χ3v) is 4.55.